The van der Waals surface area contributed by atoms with Gasteiger partial charge in [0.1, 0.15) is 0 Å². The molecular formula is C14H19Cl2NO3. The molecule has 1 heterocycles. The molecule has 2 rings (SSSR count). The average molecular weight is 320 g/mol. The Morgan fingerprint density at radius 1 is 1.30 bits per heavy atom. The summed E-state index contributed by atoms with van der Waals surface area (Å²) in [7, 11) is 0. The second kappa shape index (κ2) is 8.47. The number of benzene rings is 1. The lowest BCUT2D eigenvalue weighted by atomic mass is 9.95. The molecule has 1 aromatic carbocycles. The number of carbonyl (C=O) groups is 1. The molecule has 0 bridgehead atoms. The van der Waals surface area contributed by atoms with Gasteiger partial charge in [-0.05, 0) is 30.7 Å². The molecule has 1 N–H and O–H groups in total. The van der Waals surface area contributed by atoms with Gasteiger partial charge in [0.15, 0.2) is 0 Å². The third-order valence-corrected chi connectivity index (χ3v) is 3.66. The van der Waals surface area contributed by atoms with Crippen molar-refractivity contribution in [3.8, 4) is 0 Å². The minimum Gasteiger partial charge on any atom is -0.481 e. The predicted octanol–water partition coefficient (Wildman–Crippen LogP) is 2.65. The highest BCUT2D eigenvalue weighted by atomic mass is 35.5. The quantitative estimate of drug-likeness (QED) is 0.906. The van der Waals surface area contributed by atoms with Crippen molar-refractivity contribution in [3.05, 3.63) is 34.9 Å². The predicted molar refractivity (Wildman–Crippen MR) is 81.0 cm³/mol. The first-order valence-electron chi connectivity index (χ1n) is 6.45. The number of halogens is 2. The van der Waals surface area contributed by atoms with Gasteiger partial charge in [0.05, 0.1) is 19.1 Å². The Kier molecular flexibility index (Phi) is 7.30. The van der Waals surface area contributed by atoms with E-state index in [-0.39, 0.29) is 12.4 Å². The monoisotopic (exact) mass is 319 g/mol. The Hall–Kier alpha value is -0.810. The van der Waals surface area contributed by atoms with Gasteiger partial charge in [-0.25, -0.2) is 0 Å². The summed E-state index contributed by atoms with van der Waals surface area (Å²) in [5.41, 5.74) is 0.810. The smallest absolute Gasteiger partial charge is 0.311 e. The maximum atomic E-state index is 11.4. The minimum atomic E-state index is -0.782. The summed E-state index contributed by atoms with van der Waals surface area (Å²) in [5, 5.41) is 9.98. The Morgan fingerprint density at radius 2 is 1.90 bits per heavy atom. The zero-order valence-corrected chi connectivity index (χ0v) is 12.7. The van der Waals surface area contributed by atoms with E-state index >= 15 is 0 Å². The number of nitrogens with zero attached hydrogens (tertiary/aromatic N) is 1. The Morgan fingerprint density at radius 3 is 2.45 bits per heavy atom. The van der Waals surface area contributed by atoms with Crippen LogP contribution < -0.4 is 0 Å². The molecule has 112 valence electrons. The third-order valence-electron chi connectivity index (χ3n) is 3.41. The standard InChI is InChI=1S/C14H18ClNO3.ClH/c15-12-3-1-11(2-4-12)13(14(17)18)5-6-16-7-9-19-10-8-16;/h1-4,13H,5-10H2,(H,17,18);1H. The fraction of sp³-hybridized carbons (Fsp3) is 0.500. The van der Waals surface area contributed by atoms with Crippen molar-refractivity contribution in [2.45, 2.75) is 12.3 Å². The average Bonchev–Trinajstić information content (AvgIpc) is 2.42. The van der Waals surface area contributed by atoms with E-state index in [9.17, 15) is 9.90 Å². The summed E-state index contributed by atoms with van der Waals surface area (Å²) in [6.07, 6.45) is 0.608. The zero-order chi connectivity index (χ0) is 13.7. The molecule has 1 aromatic rings. The number of morpholine rings is 1. The number of carboxylic acid groups (broad SMARTS) is 1. The van der Waals surface area contributed by atoms with Crippen LogP contribution in [0.25, 0.3) is 0 Å². The van der Waals surface area contributed by atoms with Crippen molar-refractivity contribution in [2.24, 2.45) is 0 Å². The van der Waals surface area contributed by atoms with Crippen LogP contribution in [0.4, 0.5) is 0 Å². The SMILES string of the molecule is Cl.O=C(O)C(CCN1CCOCC1)c1ccc(Cl)cc1. The molecule has 4 nitrogen and oxygen atoms in total. The highest BCUT2D eigenvalue weighted by molar-refractivity contribution is 6.30. The van der Waals surface area contributed by atoms with Crippen molar-refractivity contribution < 1.29 is 14.6 Å². The van der Waals surface area contributed by atoms with E-state index in [1.165, 1.54) is 0 Å². The molecule has 0 saturated carbocycles. The van der Waals surface area contributed by atoms with Crippen LogP contribution in [0, 0.1) is 0 Å². The normalized spacial score (nSPS) is 17.2. The molecule has 1 unspecified atom stereocenters. The van der Waals surface area contributed by atoms with Gasteiger partial charge in [0, 0.05) is 18.1 Å². The summed E-state index contributed by atoms with van der Waals surface area (Å²) in [4.78, 5) is 13.6. The molecule has 20 heavy (non-hydrogen) atoms. The van der Waals surface area contributed by atoms with E-state index in [4.69, 9.17) is 16.3 Å². The number of carboxylic acids is 1. The molecule has 1 aliphatic heterocycles. The Bertz CT molecular complexity index is 419. The Labute approximate surface area is 130 Å². The molecule has 0 aromatic heterocycles. The summed E-state index contributed by atoms with van der Waals surface area (Å²) in [6.45, 7) is 4.01. The molecule has 0 spiro atoms. The van der Waals surface area contributed by atoms with Crippen LogP contribution in [0.5, 0.6) is 0 Å². The first-order chi connectivity index (χ1) is 9.16. The molecule has 0 amide bonds. The fourth-order valence-electron chi connectivity index (χ4n) is 2.26. The van der Waals surface area contributed by atoms with Gasteiger partial charge in [-0.2, -0.15) is 0 Å². The summed E-state index contributed by atoms with van der Waals surface area (Å²) < 4.78 is 5.28. The summed E-state index contributed by atoms with van der Waals surface area (Å²) in [6, 6.07) is 7.06. The Balaban J connectivity index is 0.00000200. The first-order valence-corrected chi connectivity index (χ1v) is 6.83. The van der Waals surface area contributed by atoms with E-state index in [1.807, 2.05) is 0 Å². The zero-order valence-electron chi connectivity index (χ0n) is 11.1. The van der Waals surface area contributed by atoms with Gasteiger partial charge in [-0.3, -0.25) is 9.69 Å². The van der Waals surface area contributed by atoms with Crippen LogP contribution >= 0.6 is 24.0 Å². The van der Waals surface area contributed by atoms with E-state index < -0.39 is 11.9 Å². The topological polar surface area (TPSA) is 49.8 Å². The molecule has 6 heteroatoms. The lowest BCUT2D eigenvalue weighted by Crippen LogP contribution is -2.37. The van der Waals surface area contributed by atoms with Crippen molar-refractivity contribution >= 4 is 30.0 Å². The summed E-state index contributed by atoms with van der Waals surface area (Å²) >= 11 is 5.83. The first kappa shape index (κ1) is 17.2. The number of rotatable bonds is 5. The highest BCUT2D eigenvalue weighted by Crippen LogP contribution is 2.22. The van der Waals surface area contributed by atoms with Gasteiger partial charge >= 0.3 is 5.97 Å². The van der Waals surface area contributed by atoms with Crippen LogP contribution in [0.1, 0.15) is 17.9 Å². The molecule has 1 atom stereocenters. The van der Waals surface area contributed by atoms with Crippen molar-refractivity contribution in [1.29, 1.82) is 0 Å². The molecular weight excluding hydrogens is 301 g/mol. The lowest BCUT2D eigenvalue weighted by molar-refractivity contribution is -0.139. The second-order valence-electron chi connectivity index (χ2n) is 4.69. The second-order valence-corrected chi connectivity index (χ2v) is 5.12. The number of aliphatic carboxylic acids is 1. The van der Waals surface area contributed by atoms with E-state index in [0.717, 1.165) is 38.4 Å². The van der Waals surface area contributed by atoms with Gasteiger partial charge in [0.25, 0.3) is 0 Å². The van der Waals surface area contributed by atoms with Crippen molar-refractivity contribution in [3.63, 3.8) is 0 Å². The van der Waals surface area contributed by atoms with Crippen LogP contribution in [0.2, 0.25) is 5.02 Å². The molecule has 0 aliphatic carbocycles. The van der Waals surface area contributed by atoms with Crippen molar-refractivity contribution in [2.75, 3.05) is 32.8 Å². The van der Waals surface area contributed by atoms with Crippen LogP contribution in [-0.2, 0) is 9.53 Å². The largest absolute Gasteiger partial charge is 0.481 e. The third kappa shape index (κ3) is 4.94. The van der Waals surface area contributed by atoms with Crippen molar-refractivity contribution in [1.82, 2.24) is 4.90 Å². The minimum absolute atomic E-state index is 0. The highest BCUT2D eigenvalue weighted by Gasteiger charge is 2.21. The van der Waals surface area contributed by atoms with Gasteiger partial charge < -0.3 is 9.84 Å². The van der Waals surface area contributed by atoms with Crippen LogP contribution in [-0.4, -0.2) is 48.8 Å². The maximum Gasteiger partial charge on any atom is 0.311 e. The van der Waals surface area contributed by atoms with Gasteiger partial charge in [-0.15, -0.1) is 12.4 Å². The number of hydrogen-bond acceptors (Lipinski definition) is 3. The number of ether oxygens (including phenoxy) is 1. The van der Waals surface area contributed by atoms with Gasteiger partial charge in [0.2, 0.25) is 0 Å². The maximum absolute atomic E-state index is 11.4. The van der Waals surface area contributed by atoms with Crippen LogP contribution in [0.15, 0.2) is 24.3 Å². The fourth-order valence-corrected chi connectivity index (χ4v) is 2.39. The lowest BCUT2D eigenvalue weighted by Gasteiger charge is -2.27. The van der Waals surface area contributed by atoms with E-state index in [2.05, 4.69) is 4.90 Å². The van der Waals surface area contributed by atoms with E-state index in [0.29, 0.717) is 11.4 Å². The molecule has 1 saturated heterocycles. The number of hydrogen-bond donors (Lipinski definition) is 1. The van der Waals surface area contributed by atoms with Gasteiger partial charge in [-0.1, -0.05) is 23.7 Å². The van der Waals surface area contributed by atoms with E-state index in [1.54, 1.807) is 24.3 Å². The van der Waals surface area contributed by atoms with Crippen LogP contribution in [0.3, 0.4) is 0 Å². The summed E-state index contributed by atoms with van der Waals surface area (Å²) in [5.74, 6) is -1.25. The molecule has 1 aliphatic rings. The molecule has 0 radical (unpaired) electrons. The molecule has 1 fully saturated rings.